The number of nitrogens with one attached hydrogen (secondary N) is 1. The molecule has 4 rings (SSSR count). The molecule has 1 aliphatic rings. The van der Waals surface area contributed by atoms with Crippen molar-refractivity contribution in [2.24, 2.45) is 0 Å². The highest BCUT2D eigenvalue weighted by molar-refractivity contribution is 7.14. The van der Waals surface area contributed by atoms with Gasteiger partial charge in [-0.3, -0.25) is 14.4 Å². The van der Waals surface area contributed by atoms with Crippen LogP contribution in [0.4, 0.5) is 10.8 Å². The van der Waals surface area contributed by atoms with E-state index in [-0.39, 0.29) is 22.4 Å². The fourth-order valence-corrected chi connectivity index (χ4v) is 3.27. The molecule has 3 amide bonds. The molecule has 2 aromatic carbocycles. The van der Waals surface area contributed by atoms with E-state index in [1.54, 1.807) is 17.5 Å². The summed E-state index contributed by atoms with van der Waals surface area (Å²) in [6.45, 7) is 0. The van der Waals surface area contributed by atoms with Gasteiger partial charge in [0.25, 0.3) is 17.7 Å². The molecule has 0 atom stereocenters. The number of hydrogen-bond acceptors (Lipinski definition) is 6. The normalized spacial score (nSPS) is 13.0. The molecule has 1 aromatic heterocycles. The fourth-order valence-electron chi connectivity index (χ4n) is 2.63. The van der Waals surface area contributed by atoms with Gasteiger partial charge < -0.3 is 10.4 Å². The van der Waals surface area contributed by atoms with Crippen molar-refractivity contribution in [3.05, 3.63) is 70.7 Å². The molecule has 0 unspecified atom stereocenters. The first-order chi connectivity index (χ1) is 12.5. The van der Waals surface area contributed by atoms with Crippen LogP contribution in [0.25, 0.3) is 0 Å². The fraction of sp³-hybridized carbons (Fsp3) is 0. The van der Waals surface area contributed by atoms with E-state index in [4.69, 9.17) is 0 Å². The first-order valence-corrected chi connectivity index (χ1v) is 8.45. The molecule has 8 heteroatoms. The Morgan fingerprint density at radius 1 is 1.04 bits per heavy atom. The molecule has 2 N–H and O–H groups in total. The van der Waals surface area contributed by atoms with Crippen LogP contribution in [0.5, 0.6) is 5.75 Å². The lowest BCUT2D eigenvalue weighted by atomic mass is 10.1. The van der Waals surface area contributed by atoms with Crippen LogP contribution in [-0.4, -0.2) is 27.8 Å². The monoisotopic (exact) mass is 365 g/mol. The summed E-state index contributed by atoms with van der Waals surface area (Å²) in [6.07, 6.45) is 1.51. The lowest BCUT2D eigenvalue weighted by Crippen LogP contribution is -2.29. The molecule has 0 bridgehead atoms. The van der Waals surface area contributed by atoms with E-state index in [0.717, 1.165) is 4.90 Å². The Morgan fingerprint density at radius 2 is 1.77 bits per heavy atom. The number of aromatic nitrogens is 1. The molecule has 0 spiro atoms. The number of hydrogen-bond donors (Lipinski definition) is 2. The van der Waals surface area contributed by atoms with E-state index in [1.165, 1.54) is 47.9 Å². The van der Waals surface area contributed by atoms with Gasteiger partial charge in [0.1, 0.15) is 5.75 Å². The van der Waals surface area contributed by atoms with Gasteiger partial charge in [-0.25, -0.2) is 9.88 Å². The molecule has 2 heterocycles. The summed E-state index contributed by atoms with van der Waals surface area (Å²) in [5, 5.41) is 13.9. The average molecular weight is 365 g/mol. The summed E-state index contributed by atoms with van der Waals surface area (Å²) >= 11 is 1.19. The molecule has 0 fully saturated rings. The minimum absolute atomic E-state index is 0.0897. The van der Waals surface area contributed by atoms with E-state index < -0.39 is 17.7 Å². The van der Waals surface area contributed by atoms with Gasteiger partial charge in [-0.15, -0.1) is 11.3 Å². The standard InChI is InChI=1S/C18H11N3O4S/c22-12-4-2-11(3-5-12)20-15(23)10-1-6-13-14(9-10)17(25)21(16(13)24)18-19-7-8-26-18/h1-9,22H,(H,20,23). The maximum atomic E-state index is 12.6. The average Bonchev–Trinajstić information content (AvgIpc) is 3.24. The minimum Gasteiger partial charge on any atom is -0.508 e. The number of benzene rings is 2. The number of imide groups is 1. The molecule has 26 heavy (non-hydrogen) atoms. The lowest BCUT2D eigenvalue weighted by molar-refractivity contribution is 0.0925. The van der Waals surface area contributed by atoms with E-state index in [0.29, 0.717) is 10.8 Å². The Bertz CT molecular complexity index is 1030. The third-order valence-electron chi connectivity index (χ3n) is 3.88. The number of phenols is 1. The van der Waals surface area contributed by atoms with E-state index in [9.17, 15) is 19.5 Å². The van der Waals surface area contributed by atoms with E-state index in [1.807, 2.05) is 0 Å². The van der Waals surface area contributed by atoms with Crippen LogP contribution in [0.15, 0.2) is 54.0 Å². The van der Waals surface area contributed by atoms with Gasteiger partial charge in [0.05, 0.1) is 11.1 Å². The quantitative estimate of drug-likeness (QED) is 0.549. The zero-order chi connectivity index (χ0) is 18.3. The number of anilines is 2. The van der Waals surface area contributed by atoms with Gasteiger partial charge in [0, 0.05) is 22.8 Å². The Labute approximate surface area is 151 Å². The van der Waals surface area contributed by atoms with Crippen molar-refractivity contribution in [3.63, 3.8) is 0 Å². The van der Waals surface area contributed by atoms with Crippen LogP contribution in [0, 0.1) is 0 Å². The molecule has 0 aliphatic carbocycles. The second kappa shape index (κ2) is 6.08. The SMILES string of the molecule is O=C(Nc1ccc(O)cc1)c1ccc2c(c1)C(=O)N(c1nccs1)C2=O. The summed E-state index contributed by atoms with van der Waals surface area (Å²) in [7, 11) is 0. The number of carbonyl (C=O) groups is 3. The number of amides is 3. The van der Waals surface area contributed by atoms with Crippen LogP contribution in [0.1, 0.15) is 31.1 Å². The first kappa shape index (κ1) is 16.0. The summed E-state index contributed by atoms with van der Waals surface area (Å²) < 4.78 is 0. The molecule has 3 aromatic rings. The van der Waals surface area contributed by atoms with Gasteiger partial charge in [-0.05, 0) is 42.5 Å². The molecule has 7 nitrogen and oxygen atoms in total. The summed E-state index contributed by atoms with van der Waals surface area (Å²) in [5.41, 5.74) is 1.16. The second-order valence-corrected chi connectivity index (χ2v) is 6.39. The highest BCUT2D eigenvalue weighted by Gasteiger charge is 2.38. The number of aromatic hydroxyl groups is 1. The highest BCUT2D eigenvalue weighted by atomic mass is 32.1. The van der Waals surface area contributed by atoms with Crippen LogP contribution in [0.2, 0.25) is 0 Å². The van der Waals surface area contributed by atoms with Crippen LogP contribution < -0.4 is 10.2 Å². The molecular weight excluding hydrogens is 354 g/mol. The van der Waals surface area contributed by atoms with Gasteiger partial charge in [-0.1, -0.05) is 0 Å². The van der Waals surface area contributed by atoms with Crippen molar-refractivity contribution in [2.75, 3.05) is 10.2 Å². The number of fused-ring (bicyclic) bond motifs is 1. The highest BCUT2D eigenvalue weighted by Crippen LogP contribution is 2.30. The van der Waals surface area contributed by atoms with Gasteiger partial charge in [-0.2, -0.15) is 0 Å². The summed E-state index contributed by atoms with van der Waals surface area (Å²) in [6, 6.07) is 10.4. The maximum absolute atomic E-state index is 12.6. The molecular formula is C18H11N3O4S. The Morgan fingerprint density at radius 3 is 2.46 bits per heavy atom. The van der Waals surface area contributed by atoms with E-state index >= 15 is 0 Å². The number of rotatable bonds is 3. The number of nitrogens with zero attached hydrogens (tertiary/aromatic N) is 2. The second-order valence-electron chi connectivity index (χ2n) is 5.52. The van der Waals surface area contributed by atoms with Crippen LogP contribution in [-0.2, 0) is 0 Å². The zero-order valence-electron chi connectivity index (χ0n) is 13.2. The Kier molecular flexibility index (Phi) is 3.74. The van der Waals surface area contributed by atoms with Crippen molar-refractivity contribution in [1.29, 1.82) is 0 Å². The predicted octanol–water partition coefficient (Wildman–Crippen LogP) is 2.90. The smallest absolute Gasteiger partial charge is 0.268 e. The lowest BCUT2D eigenvalue weighted by Gasteiger charge is -2.08. The molecule has 128 valence electrons. The minimum atomic E-state index is -0.501. The predicted molar refractivity (Wildman–Crippen MR) is 95.8 cm³/mol. The first-order valence-electron chi connectivity index (χ1n) is 7.57. The Balaban J connectivity index is 1.62. The van der Waals surface area contributed by atoms with Gasteiger partial charge in [0.15, 0.2) is 5.13 Å². The van der Waals surface area contributed by atoms with Crippen LogP contribution in [0.3, 0.4) is 0 Å². The number of phenolic OH excluding ortho intramolecular Hbond substituents is 1. The van der Waals surface area contributed by atoms with Crippen molar-refractivity contribution in [2.45, 2.75) is 0 Å². The number of carbonyl (C=O) groups excluding carboxylic acids is 3. The third kappa shape index (κ3) is 2.62. The largest absolute Gasteiger partial charge is 0.508 e. The molecule has 0 radical (unpaired) electrons. The van der Waals surface area contributed by atoms with E-state index in [2.05, 4.69) is 10.3 Å². The summed E-state index contributed by atoms with van der Waals surface area (Å²) in [5.74, 6) is -1.29. The van der Waals surface area contributed by atoms with Gasteiger partial charge in [0.2, 0.25) is 0 Å². The summed E-state index contributed by atoms with van der Waals surface area (Å²) in [4.78, 5) is 42.5. The third-order valence-corrected chi connectivity index (χ3v) is 4.64. The Hall–Kier alpha value is -3.52. The van der Waals surface area contributed by atoms with Crippen molar-refractivity contribution < 1.29 is 19.5 Å². The van der Waals surface area contributed by atoms with Crippen molar-refractivity contribution in [3.8, 4) is 5.75 Å². The molecule has 1 aliphatic heterocycles. The topological polar surface area (TPSA) is 99.6 Å². The van der Waals surface area contributed by atoms with Crippen molar-refractivity contribution in [1.82, 2.24) is 4.98 Å². The number of thiazole rings is 1. The zero-order valence-corrected chi connectivity index (χ0v) is 14.0. The maximum Gasteiger partial charge on any atom is 0.268 e. The van der Waals surface area contributed by atoms with Gasteiger partial charge >= 0.3 is 0 Å². The molecule has 0 saturated heterocycles. The molecule has 0 saturated carbocycles. The van der Waals surface area contributed by atoms with Crippen LogP contribution >= 0.6 is 11.3 Å². The van der Waals surface area contributed by atoms with Crippen molar-refractivity contribution >= 4 is 39.9 Å².